The normalized spacial score (nSPS) is 19.0. The lowest BCUT2D eigenvalue weighted by molar-refractivity contribution is 0.0940. The minimum absolute atomic E-state index is 0.0180. The third-order valence-corrected chi connectivity index (χ3v) is 5.99. The Hall–Kier alpha value is -2.13. The molecular formula is C26H36N2O. The van der Waals surface area contributed by atoms with E-state index in [9.17, 15) is 4.79 Å². The minimum atomic E-state index is -0.0222. The molecule has 2 unspecified atom stereocenters. The summed E-state index contributed by atoms with van der Waals surface area (Å²) in [6.45, 7) is 14.3. The number of amides is 1. The molecule has 2 aromatic carbocycles. The van der Waals surface area contributed by atoms with E-state index in [-0.39, 0.29) is 17.4 Å². The Morgan fingerprint density at radius 3 is 2.34 bits per heavy atom. The molecule has 29 heavy (non-hydrogen) atoms. The zero-order valence-corrected chi connectivity index (χ0v) is 18.7. The van der Waals surface area contributed by atoms with Gasteiger partial charge >= 0.3 is 0 Å². The average Bonchev–Trinajstić information content (AvgIpc) is 2.68. The average molecular weight is 393 g/mol. The Labute approximate surface area is 176 Å². The van der Waals surface area contributed by atoms with Crippen LogP contribution in [0.1, 0.15) is 80.6 Å². The van der Waals surface area contributed by atoms with Gasteiger partial charge in [0.05, 0.1) is 6.04 Å². The first-order valence-electron chi connectivity index (χ1n) is 10.9. The third-order valence-electron chi connectivity index (χ3n) is 5.99. The van der Waals surface area contributed by atoms with Gasteiger partial charge in [0, 0.05) is 18.7 Å². The van der Waals surface area contributed by atoms with E-state index < -0.39 is 0 Å². The second-order valence-electron chi connectivity index (χ2n) is 9.75. The third kappa shape index (κ3) is 5.93. The lowest BCUT2D eigenvalue weighted by atomic mass is 9.86. The number of carbonyl (C=O) groups excluding carboxylic acids is 1. The maximum absolute atomic E-state index is 12.7. The van der Waals surface area contributed by atoms with Gasteiger partial charge in [-0.25, -0.2) is 0 Å². The molecule has 1 aliphatic heterocycles. The highest BCUT2D eigenvalue weighted by Gasteiger charge is 2.17. The van der Waals surface area contributed by atoms with Gasteiger partial charge in [0.2, 0.25) is 0 Å². The van der Waals surface area contributed by atoms with Crippen LogP contribution in [0, 0.1) is 5.92 Å². The number of hydrogen-bond acceptors (Lipinski definition) is 2. The highest BCUT2D eigenvalue weighted by molar-refractivity contribution is 5.94. The summed E-state index contributed by atoms with van der Waals surface area (Å²) >= 11 is 0. The van der Waals surface area contributed by atoms with E-state index in [0.29, 0.717) is 0 Å². The highest BCUT2D eigenvalue weighted by Crippen LogP contribution is 2.24. The van der Waals surface area contributed by atoms with Gasteiger partial charge in [-0.1, -0.05) is 64.1 Å². The van der Waals surface area contributed by atoms with Gasteiger partial charge in [0.15, 0.2) is 0 Å². The second-order valence-corrected chi connectivity index (χ2v) is 9.75. The van der Waals surface area contributed by atoms with E-state index >= 15 is 0 Å². The summed E-state index contributed by atoms with van der Waals surface area (Å²) in [5.74, 6) is 0.767. The number of benzene rings is 2. The number of likely N-dealkylation sites (tertiary alicyclic amines) is 1. The van der Waals surface area contributed by atoms with Crippen molar-refractivity contribution in [3.8, 4) is 0 Å². The molecule has 156 valence electrons. The first kappa shape index (κ1) is 21.6. The van der Waals surface area contributed by atoms with Crippen LogP contribution >= 0.6 is 0 Å². The fourth-order valence-electron chi connectivity index (χ4n) is 4.09. The van der Waals surface area contributed by atoms with Gasteiger partial charge in [-0.3, -0.25) is 9.69 Å². The van der Waals surface area contributed by atoms with Gasteiger partial charge in [-0.2, -0.15) is 0 Å². The van der Waals surface area contributed by atoms with E-state index in [1.54, 1.807) is 0 Å². The van der Waals surface area contributed by atoms with Crippen LogP contribution in [0.3, 0.4) is 0 Å². The van der Waals surface area contributed by atoms with Crippen molar-refractivity contribution < 1.29 is 4.79 Å². The number of hydrogen-bond donors (Lipinski definition) is 1. The van der Waals surface area contributed by atoms with Crippen molar-refractivity contribution in [1.29, 1.82) is 0 Å². The second kappa shape index (κ2) is 9.13. The van der Waals surface area contributed by atoms with Gasteiger partial charge in [0.1, 0.15) is 0 Å². The van der Waals surface area contributed by atoms with Gasteiger partial charge < -0.3 is 5.32 Å². The zero-order chi connectivity index (χ0) is 21.0. The molecule has 1 aliphatic rings. The van der Waals surface area contributed by atoms with E-state index in [1.165, 1.54) is 37.1 Å². The molecule has 0 bridgehead atoms. The molecule has 0 saturated carbocycles. The van der Waals surface area contributed by atoms with E-state index in [4.69, 9.17) is 0 Å². The number of nitrogens with zero attached hydrogens (tertiary/aromatic N) is 1. The number of rotatable bonds is 5. The number of nitrogens with one attached hydrogen (secondary N) is 1. The van der Waals surface area contributed by atoms with E-state index in [0.717, 1.165) is 23.6 Å². The largest absolute Gasteiger partial charge is 0.346 e. The first-order valence-corrected chi connectivity index (χ1v) is 10.9. The topological polar surface area (TPSA) is 32.3 Å². The molecule has 3 nitrogen and oxygen atoms in total. The summed E-state index contributed by atoms with van der Waals surface area (Å²) in [6, 6.07) is 16.6. The molecule has 0 aromatic heterocycles. The molecule has 1 saturated heterocycles. The van der Waals surface area contributed by atoms with Crippen molar-refractivity contribution >= 4 is 5.91 Å². The van der Waals surface area contributed by atoms with Crippen LogP contribution in [0.4, 0.5) is 0 Å². The summed E-state index contributed by atoms with van der Waals surface area (Å²) in [5, 5.41) is 3.13. The summed E-state index contributed by atoms with van der Waals surface area (Å²) in [4.78, 5) is 15.2. The van der Waals surface area contributed by atoms with Crippen molar-refractivity contribution in [2.24, 2.45) is 5.92 Å². The van der Waals surface area contributed by atoms with Crippen LogP contribution in [0.25, 0.3) is 0 Å². The smallest absolute Gasteiger partial charge is 0.251 e. The summed E-state index contributed by atoms with van der Waals surface area (Å²) in [5.41, 5.74) is 4.57. The lowest BCUT2D eigenvalue weighted by Crippen LogP contribution is -2.33. The maximum atomic E-state index is 12.7. The summed E-state index contributed by atoms with van der Waals surface area (Å²) in [7, 11) is 0. The Kier molecular flexibility index (Phi) is 6.79. The van der Waals surface area contributed by atoms with Crippen LogP contribution in [0.2, 0.25) is 0 Å². The van der Waals surface area contributed by atoms with Crippen LogP contribution in [0.5, 0.6) is 0 Å². The molecule has 0 spiro atoms. The molecule has 0 aliphatic carbocycles. The van der Waals surface area contributed by atoms with Crippen molar-refractivity contribution in [3.63, 3.8) is 0 Å². The lowest BCUT2D eigenvalue weighted by Gasteiger charge is -2.30. The zero-order valence-electron chi connectivity index (χ0n) is 18.7. The van der Waals surface area contributed by atoms with Crippen LogP contribution in [-0.2, 0) is 12.0 Å². The Bertz CT molecular complexity index is 802. The van der Waals surface area contributed by atoms with Crippen molar-refractivity contribution in [1.82, 2.24) is 10.2 Å². The van der Waals surface area contributed by atoms with E-state index in [2.05, 4.69) is 74.3 Å². The van der Waals surface area contributed by atoms with Crippen LogP contribution in [-0.4, -0.2) is 23.9 Å². The number of piperidine rings is 1. The van der Waals surface area contributed by atoms with E-state index in [1.807, 2.05) is 19.1 Å². The molecule has 3 heteroatoms. The SMILES string of the molecule is CC1CCCN(Cc2ccc(C(=O)NC(C)c3ccc(C(C)(C)C)cc3)cc2)C1. The van der Waals surface area contributed by atoms with Crippen LogP contribution in [0.15, 0.2) is 48.5 Å². The standard InChI is InChI=1S/C26H36N2O/c1-19-7-6-16-28(17-19)18-21-8-10-23(11-9-21)25(29)27-20(2)22-12-14-24(15-13-22)26(3,4)5/h8-15,19-20H,6-7,16-18H2,1-5H3,(H,27,29). The predicted octanol–water partition coefficient (Wildman–Crippen LogP) is 5.71. The van der Waals surface area contributed by atoms with Gasteiger partial charge in [0.25, 0.3) is 5.91 Å². The fraction of sp³-hybridized carbons (Fsp3) is 0.500. The maximum Gasteiger partial charge on any atom is 0.251 e. The fourth-order valence-corrected chi connectivity index (χ4v) is 4.09. The highest BCUT2D eigenvalue weighted by atomic mass is 16.1. The molecule has 2 atom stereocenters. The molecule has 0 radical (unpaired) electrons. The molecule has 1 N–H and O–H groups in total. The predicted molar refractivity (Wildman–Crippen MR) is 121 cm³/mol. The molecular weight excluding hydrogens is 356 g/mol. The quantitative estimate of drug-likeness (QED) is 0.707. The first-order chi connectivity index (χ1) is 13.7. The Morgan fingerprint density at radius 2 is 1.76 bits per heavy atom. The van der Waals surface area contributed by atoms with Crippen LogP contribution < -0.4 is 5.32 Å². The number of carbonyl (C=O) groups is 1. The molecule has 1 amide bonds. The van der Waals surface area contributed by atoms with Crippen molar-refractivity contribution in [2.45, 2.75) is 65.5 Å². The summed E-state index contributed by atoms with van der Waals surface area (Å²) < 4.78 is 0. The Morgan fingerprint density at radius 1 is 1.10 bits per heavy atom. The van der Waals surface area contributed by atoms with Crippen molar-refractivity contribution in [3.05, 3.63) is 70.8 Å². The monoisotopic (exact) mass is 392 g/mol. The van der Waals surface area contributed by atoms with Crippen molar-refractivity contribution in [2.75, 3.05) is 13.1 Å². The molecule has 1 fully saturated rings. The molecule has 2 aromatic rings. The van der Waals surface area contributed by atoms with Gasteiger partial charge in [-0.15, -0.1) is 0 Å². The molecule has 3 rings (SSSR count). The molecule has 1 heterocycles. The van der Waals surface area contributed by atoms with Gasteiger partial charge in [-0.05, 0) is 66.5 Å². The summed E-state index contributed by atoms with van der Waals surface area (Å²) in [6.07, 6.45) is 2.63. The minimum Gasteiger partial charge on any atom is -0.346 e. The Balaban J connectivity index is 1.57.